The fourth-order valence-electron chi connectivity index (χ4n) is 3.53. The molecule has 114 valence electrons. The van der Waals surface area contributed by atoms with Crippen LogP contribution in [0, 0.1) is 0 Å². The van der Waals surface area contributed by atoms with Gasteiger partial charge in [0.05, 0.1) is 0 Å². The van der Waals surface area contributed by atoms with Gasteiger partial charge in [-0.05, 0) is 85.8 Å². The molecule has 0 heteroatoms. The summed E-state index contributed by atoms with van der Waals surface area (Å²) in [6.45, 7) is 8.82. The van der Waals surface area contributed by atoms with E-state index in [0.29, 0.717) is 0 Å². The monoisotopic (exact) mass is 290 g/mol. The molecule has 0 aromatic rings. The van der Waals surface area contributed by atoms with Gasteiger partial charge in [-0.1, -0.05) is 48.6 Å². The molecule has 0 unspecified atom stereocenters. The molecule has 0 heterocycles. The Morgan fingerprint density at radius 3 is 2.18 bits per heavy atom. The minimum Gasteiger partial charge on any atom is -0.0912 e. The molecule has 0 atom stereocenters. The van der Waals surface area contributed by atoms with E-state index < -0.39 is 0 Å². The summed E-state index contributed by atoms with van der Waals surface area (Å²) in [5.41, 5.74) is 10.1. The van der Waals surface area contributed by atoms with Crippen LogP contribution in [-0.2, 0) is 0 Å². The topological polar surface area (TPSA) is 0 Å². The van der Waals surface area contributed by atoms with Crippen molar-refractivity contribution in [2.24, 2.45) is 0 Å². The Morgan fingerprint density at radius 1 is 0.864 bits per heavy atom. The van der Waals surface area contributed by atoms with Crippen molar-refractivity contribution in [2.45, 2.75) is 52.4 Å². The van der Waals surface area contributed by atoms with E-state index >= 15 is 0 Å². The van der Waals surface area contributed by atoms with Gasteiger partial charge in [-0.15, -0.1) is 0 Å². The van der Waals surface area contributed by atoms with Crippen LogP contribution in [0.5, 0.6) is 0 Å². The molecule has 0 saturated heterocycles. The Bertz CT molecular complexity index is 669. The molecule has 0 nitrogen and oxygen atoms in total. The molecule has 3 rings (SSSR count). The summed E-state index contributed by atoms with van der Waals surface area (Å²) in [4.78, 5) is 0. The summed E-state index contributed by atoms with van der Waals surface area (Å²) < 4.78 is 0. The van der Waals surface area contributed by atoms with E-state index in [4.69, 9.17) is 0 Å². The predicted octanol–water partition coefficient (Wildman–Crippen LogP) is 6.52. The largest absolute Gasteiger partial charge is 0.0912 e. The van der Waals surface area contributed by atoms with Gasteiger partial charge in [0.2, 0.25) is 0 Å². The van der Waals surface area contributed by atoms with Crippen LogP contribution in [-0.4, -0.2) is 0 Å². The second-order valence-corrected chi connectivity index (χ2v) is 6.67. The van der Waals surface area contributed by atoms with Crippen molar-refractivity contribution in [3.63, 3.8) is 0 Å². The van der Waals surface area contributed by atoms with Crippen LogP contribution in [0.2, 0.25) is 0 Å². The average molecular weight is 290 g/mol. The second kappa shape index (κ2) is 6.52. The minimum atomic E-state index is 1.13. The maximum absolute atomic E-state index is 4.39. The van der Waals surface area contributed by atoms with Gasteiger partial charge in [0.1, 0.15) is 0 Å². The summed E-state index contributed by atoms with van der Waals surface area (Å²) in [5.74, 6) is 0. The van der Waals surface area contributed by atoms with Crippen molar-refractivity contribution in [3.8, 4) is 0 Å². The summed E-state index contributed by atoms with van der Waals surface area (Å²) in [6.07, 6.45) is 20.8. The maximum Gasteiger partial charge on any atom is -0.0232 e. The Morgan fingerprint density at radius 2 is 1.59 bits per heavy atom. The zero-order valence-electron chi connectivity index (χ0n) is 13.9. The molecular formula is C22H26. The molecule has 0 amide bonds. The van der Waals surface area contributed by atoms with E-state index in [9.17, 15) is 0 Å². The van der Waals surface area contributed by atoms with E-state index in [0.717, 1.165) is 25.7 Å². The van der Waals surface area contributed by atoms with Crippen molar-refractivity contribution in [1.82, 2.24) is 0 Å². The quantitative estimate of drug-likeness (QED) is 0.555. The van der Waals surface area contributed by atoms with Crippen LogP contribution in [0.15, 0.2) is 82.0 Å². The molecule has 0 radical (unpaired) electrons. The van der Waals surface area contributed by atoms with Crippen LogP contribution in [0.4, 0.5) is 0 Å². The lowest BCUT2D eigenvalue weighted by Crippen LogP contribution is -2.04. The third-order valence-corrected chi connectivity index (χ3v) is 5.08. The molecule has 0 spiro atoms. The lowest BCUT2D eigenvalue weighted by Gasteiger charge is -2.23. The van der Waals surface area contributed by atoms with Crippen molar-refractivity contribution < 1.29 is 0 Å². The number of rotatable bonds is 3. The average Bonchev–Trinajstić information content (AvgIpc) is 2.56. The summed E-state index contributed by atoms with van der Waals surface area (Å²) >= 11 is 0. The lowest BCUT2D eigenvalue weighted by atomic mass is 9.82. The van der Waals surface area contributed by atoms with Gasteiger partial charge < -0.3 is 0 Å². The lowest BCUT2D eigenvalue weighted by molar-refractivity contribution is 0.849. The van der Waals surface area contributed by atoms with Crippen LogP contribution >= 0.6 is 0 Å². The summed E-state index contributed by atoms with van der Waals surface area (Å²) in [5, 5.41) is 0. The Hall–Kier alpha value is -1.82. The highest BCUT2D eigenvalue weighted by atomic mass is 14.2. The van der Waals surface area contributed by atoms with Gasteiger partial charge in [-0.3, -0.25) is 0 Å². The SMILES string of the molecule is C=C(C1=CC=C(C2=CC=C(C)CC2)CC1)C1=C(C)C=CCC1. The van der Waals surface area contributed by atoms with Crippen molar-refractivity contribution in [3.05, 3.63) is 82.0 Å². The van der Waals surface area contributed by atoms with Gasteiger partial charge in [-0.2, -0.15) is 0 Å². The highest BCUT2D eigenvalue weighted by Crippen LogP contribution is 2.36. The maximum atomic E-state index is 4.39. The Balaban J connectivity index is 1.78. The van der Waals surface area contributed by atoms with Gasteiger partial charge >= 0.3 is 0 Å². The first kappa shape index (κ1) is 15.1. The van der Waals surface area contributed by atoms with E-state index in [2.05, 4.69) is 56.9 Å². The molecule has 3 aliphatic carbocycles. The van der Waals surface area contributed by atoms with Gasteiger partial charge in [0.15, 0.2) is 0 Å². The molecule has 0 aromatic carbocycles. The van der Waals surface area contributed by atoms with Gasteiger partial charge in [-0.25, -0.2) is 0 Å². The first-order chi connectivity index (χ1) is 10.6. The first-order valence-corrected chi connectivity index (χ1v) is 8.47. The zero-order chi connectivity index (χ0) is 15.5. The highest BCUT2D eigenvalue weighted by Gasteiger charge is 2.17. The molecule has 0 aromatic heterocycles. The molecule has 0 saturated carbocycles. The van der Waals surface area contributed by atoms with Crippen LogP contribution < -0.4 is 0 Å². The van der Waals surface area contributed by atoms with E-state index in [1.165, 1.54) is 51.9 Å². The number of hydrogen-bond acceptors (Lipinski definition) is 0. The number of hydrogen-bond donors (Lipinski definition) is 0. The Kier molecular flexibility index (Phi) is 4.47. The van der Waals surface area contributed by atoms with Crippen LogP contribution in [0.25, 0.3) is 0 Å². The second-order valence-electron chi connectivity index (χ2n) is 6.67. The highest BCUT2D eigenvalue weighted by molar-refractivity contribution is 5.54. The van der Waals surface area contributed by atoms with Crippen LogP contribution in [0.1, 0.15) is 52.4 Å². The number of allylic oxidation sites excluding steroid dienone is 13. The molecule has 22 heavy (non-hydrogen) atoms. The molecule has 0 aliphatic heterocycles. The minimum absolute atomic E-state index is 1.13. The third kappa shape index (κ3) is 3.16. The fourth-order valence-corrected chi connectivity index (χ4v) is 3.53. The first-order valence-electron chi connectivity index (χ1n) is 8.47. The fraction of sp³-hybridized carbons (Fsp3) is 0.364. The third-order valence-electron chi connectivity index (χ3n) is 5.08. The van der Waals surface area contributed by atoms with Gasteiger partial charge in [0.25, 0.3) is 0 Å². The Labute approximate surface area is 135 Å². The van der Waals surface area contributed by atoms with Crippen molar-refractivity contribution in [1.29, 1.82) is 0 Å². The van der Waals surface area contributed by atoms with Crippen LogP contribution in [0.3, 0.4) is 0 Å². The molecular weight excluding hydrogens is 264 g/mol. The van der Waals surface area contributed by atoms with E-state index in [1.807, 2.05) is 0 Å². The van der Waals surface area contributed by atoms with Gasteiger partial charge in [0, 0.05) is 0 Å². The van der Waals surface area contributed by atoms with E-state index in [-0.39, 0.29) is 0 Å². The predicted molar refractivity (Wildman–Crippen MR) is 96.7 cm³/mol. The van der Waals surface area contributed by atoms with Crippen molar-refractivity contribution >= 4 is 0 Å². The standard InChI is InChI=1S/C22H26/c1-16-8-10-20(11-9-16)21-14-12-19(13-15-21)18(3)22-7-5-4-6-17(22)2/h4,6,8,10,12,14H,3,5,7,9,11,13,15H2,1-2H3. The smallest absolute Gasteiger partial charge is 0.0232 e. The molecule has 0 N–H and O–H groups in total. The van der Waals surface area contributed by atoms with Crippen molar-refractivity contribution in [2.75, 3.05) is 0 Å². The normalized spacial score (nSPS) is 21.9. The summed E-state index contributed by atoms with van der Waals surface area (Å²) in [7, 11) is 0. The summed E-state index contributed by atoms with van der Waals surface area (Å²) in [6, 6.07) is 0. The molecule has 0 fully saturated rings. The zero-order valence-corrected chi connectivity index (χ0v) is 13.9. The molecule has 0 bridgehead atoms. The molecule has 3 aliphatic rings. The van der Waals surface area contributed by atoms with E-state index in [1.54, 1.807) is 0 Å².